The van der Waals surface area contributed by atoms with E-state index in [4.69, 9.17) is 4.74 Å². The van der Waals surface area contributed by atoms with Crippen molar-refractivity contribution in [2.45, 2.75) is 0 Å². The van der Waals surface area contributed by atoms with Crippen LogP contribution >= 0.6 is 11.3 Å². The highest BCUT2D eigenvalue weighted by atomic mass is 32.1. The molecule has 2 heterocycles. The largest absolute Gasteiger partial charge is 0.497 e. The van der Waals surface area contributed by atoms with Crippen LogP contribution in [0, 0.1) is 0 Å². The highest BCUT2D eigenvalue weighted by Gasteiger charge is 2.15. The number of thiophene rings is 1. The predicted octanol–water partition coefficient (Wildman–Crippen LogP) is 4.36. The standard InChI is InChI=1S/C17H13N3OS/c1-21-13-8-6-11(7-9-13)16-17(19-20-18-16)15-10-12-4-2-3-5-14(12)22-15/h2-10H,1H3,(H,18,19,20). The fraction of sp³-hybridized carbons (Fsp3) is 0.0588. The fourth-order valence-electron chi connectivity index (χ4n) is 2.45. The van der Waals surface area contributed by atoms with Crippen LogP contribution in [-0.4, -0.2) is 22.5 Å². The van der Waals surface area contributed by atoms with Gasteiger partial charge in [0.25, 0.3) is 0 Å². The number of nitrogens with one attached hydrogen (secondary N) is 1. The lowest BCUT2D eigenvalue weighted by atomic mass is 10.1. The van der Waals surface area contributed by atoms with Crippen molar-refractivity contribution in [1.82, 2.24) is 15.4 Å². The molecule has 2 aromatic carbocycles. The summed E-state index contributed by atoms with van der Waals surface area (Å²) < 4.78 is 6.45. The summed E-state index contributed by atoms with van der Waals surface area (Å²) in [6.45, 7) is 0. The highest BCUT2D eigenvalue weighted by molar-refractivity contribution is 7.22. The number of benzene rings is 2. The Morgan fingerprint density at radius 2 is 1.73 bits per heavy atom. The van der Waals surface area contributed by atoms with Crippen molar-refractivity contribution in [3.05, 3.63) is 54.6 Å². The van der Waals surface area contributed by atoms with E-state index >= 15 is 0 Å². The molecule has 4 nitrogen and oxygen atoms in total. The number of aromatic nitrogens is 3. The van der Waals surface area contributed by atoms with E-state index in [-0.39, 0.29) is 0 Å². The maximum atomic E-state index is 5.20. The van der Waals surface area contributed by atoms with Crippen molar-refractivity contribution in [3.8, 4) is 27.6 Å². The second-order valence-electron chi connectivity index (χ2n) is 4.90. The Morgan fingerprint density at radius 3 is 2.50 bits per heavy atom. The highest BCUT2D eigenvalue weighted by Crippen LogP contribution is 2.36. The summed E-state index contributed by atoms with van der Waals surface area (Å²) in [6.07, 6.45) is 0. The van der Waals surface area contributed by atoms with E-state index in [2.05, 4.69) is 39.7 Å². The van der Waals surface area contributed by atoms with E-state index in [1.807, 2.05) is 30.3 Å². The molecule has 22 heavy (non-hydrogen) atoms. The molecule has 1 N–H and O–H groups in total. The normalized spacial score (nSPS) is 11.0. The lowest BCUT2D eigenvalue weighted by molar-refractivity contribution is 0.415. The third-order valence-corrected chi connectivity index (χ3v) is 4.69. The number of nitrogens with zero attached hydrogens (tertiary/aromatic N) is 2. The first-order chi connectivity index (χ1) is 10.8. The van der Waals surface area contributed by atoms with E-state index in [1.54, 1.807) is 18.4 Å². The number of methoxy groups -OCH3 is 1. The molecule has 0 saturated heterocycles. The lowest BCUT2D eigenvalue weighted by Gasteiger charge is -2.01. The van der Waals surface area contributed by atoms with Gasteiger partial charge >= 0.3 is 0 Å². The minimum atomic E-state index is 0.829. The summed E-state index contributed by atoms with van der Waals surface area (Å²) in [4.78, 5) is 1.11. The Balaban J connectivity index is 1.81. The van der Waals surface area contributed by atoms with Crippen molar-refractivity contribution < 1.29 is 4.74 Å². The minimum absolute atomic E-state index is 0.829. The van der Waals surface area contributed by atoms with Gasteiger partial charge in [-0.15, -0.1) is 11.3 Å². The molecule has 0 radical (unpaired) electrons. The van der Waals surface area contributed by atoms with E-state index in [0.29, 0.717) is 0 Å². The topological polar surface area (TPSA) is 50.8 Å². The van der Waals surface area contributed by atoms with Crippen LogP contribution in [0.2, 0.25) is 0 Å². The first-order valence-corrected chi connectivity index (χ1v) is 7.71. The first-order valence-electron chi connectivity index (χ1n) is 6.89. The van der Waals surface area contributed by atoms with Crippen LogP contribution in [0.1, 0.15) is 0 Å². The van der Waals surface area contributed by atoms with Gasteiger partial charge in [0.2, 0.25) is 0 Å². The number of ether oxygens (including phenoxy) is 1. The Morgan fingerprint density at radius 1 is 0.955 bits per heavy atom. The van der Waals surface area contributed by atoms with Crippen molar-refractivity contribution in [2.75, 3.05) is 7.11 Å². The molecule has 0 fully saturated rings. The van der Waals surface area contributed by atoms with Crippen LogP contribution in [0.3, 0.4) is 0 Å². The van der Waals surface area contributed by atoms with Gasteiger partial charge in [0, 0.05) is 10.3 Å². The Hall–Kier alpha value is -2.66. The lowest BCUT2D eigenvalue weighted by Crippen LogP contribution is -1.84. The third kappa shape index (κ3) is 2.16. The number of H-pyrrole nitrogens is 1. The smallest absolute Gasteiger partial charge is 0.130 e. The zero-order chi connectivity index (χ0) is 14.9. The average Bonchev–Trinajstić information content (AvgIpc) is 3.21. The van der Waals surface area contributed by atoms with E-state index in [9.17, 15) is 0 Å². The van der Waals surface area contributed by atoms with Gasteiger partial charge in [0.15, 0.2) is 0 Å². The number of fused-ring (bicyclic) bond motifs is 1. The summed E-state index contributed by atoms with van der Waals surface area (Å²) in [7, 11) is 1.66. The predicted molar refractivity (Wildman–Crippen MR) is 89.2 cm³/mol. The summed E-state index contributed by atoms with van der Waals surface area (Å²) in [5.41, 5.74) is 2.75. The fourth-order valence-corrected chi connectivity index (χ4v) is 3.50. The molecule has 0 amide bonds. The maximum Gasteiger partial charge on any atom is 0.130 e. The maximum absolute atomic E-state index is 5.20. The molecule has 0 saturated carbocycles. The zero-order valence-corrected chi connectivity index (χ0v) is 12.7. The van der Waals surface area contributed by atoms with E-state index in [1.165, 1.54) is 10.1 Å². The van der Waals surface area contributed by atoms with Gasteiger partial charge in [-0.3, -0.25) is 0 Å². The SMILES string of the molecule is COc1ccc(-c2n[nH]nc2-c2cc3ccccc3s2)cc1. The van der Waals surface area contributed by atoms with E-state index < -0.39 is 0 Å². The van der Waals surface area contributed by atoms with Gasteiger partial charge in [0.1, 0.15) is 17.1 Å². The second kappa shape index (κ2) is 5.27. The third-order valence-electron chi connectivity index (χ3n) is 3.57. The molecule has 0 bridgehead atoms. The van der Waals surface area contributed by atoms with Gasteiger partial charge in [-0.1, -0.05) is 18.2 Å². The molecule has 0 aliphatic rings. The second-order valence-corrected chi connectivity index (χ2v) is 5.98. The Kier molecular flexibility index (Phi) is 3.12. The van der Waals surface area contributed by atoms with Crippen LogP contribution in [0.4, 0.5) is 0 Å². The molecule has 0 aliphatic carbocycles. The Labute approximate surface area is 131 Å². The quantitative estimate of drug-likeness (QED) is 0.611. The monoisotopic (exact) mass is 307 g/mol. The van der Waals surface area contributed by atoms with Gasteiger partial charge in [-0.05, 0) is 41.8 Å². The van der Waals surface area contributed by atoms with Crippen molar-refractivity contribution in [1.29, 1.82) is 0 Å². The zero-order valence-electron chi connectivity index (χ0n) is 11.9. The molecule has 0 spiro atoms. The summed E-state index contributed by atoms with van der Waals surface area (Å²) >= 11 is 1.72. The van der Waals surface area contributed by atoms with Crippen LogP contribution < -0.4 is 4.74 Å². The molecule has 5 heteroatoms. The number of hydrogen-bond donors (Lipinski definition) is 1. The van der Waals surface area contributed by atoms with Crippen molar-refractivity contribution in [3.63, 3.8) is 0 Å². The molecule has 0 atom stereocenters. The molecule has 108 valence electrons. The average molecular weight is 307 g/mol. The molecule has 4 aromatic rings. The minimum Gasteiger partial charge on any atom is -0.497 e. The molecule has 0 unspecified atom stereocenters. The van der Waals surface area contributed by atoms with Crippen LogP contribution in [-0.2, 0) is 0 Å². The van der Waals surface area contributed by atoms with Crippen LogP contribution in [0.15, 0.2) is 54.6 Å². The molecular weight excluding hydrogens is 294 g/mol. The first kappa shape index (κ1) is 13.0. The summed E-state index contributed by atoms with van der Waals surface area (Å²) in [5.74, 6) is 0.829. The Bertz CT molecular complexity index is 891. The summed E-state index contributed by atoms with van der Waals surface area (Å²) in [6, 6.07) is 18.3. The van der Waals surface area contributed by atoms with Crippen LogP contribution in [0.25, 0.3) is 31.9 Å². The van der Waals surface area contributed by atoms with Crippen LogP contribution in [0.5, 0.6) is 5.75 Å². The van der Waals surface area contributed by atoms with Gasteiger partial charge in [-0.25, -0.2) is 0 Å². The summed E-state index contributed by atoms with van der Waals surface area (Å²) in [5, 5.41) is 12.6. The van der Waals surface area contributed by atoms with Gasteiger partial charge in [0.05, 0.1) is 12.0 Å². The van der Waals surface area contributed by atoms with Crippen molar-refractivity contribution >= 4 is 21.4 Å². The van der Waals surface area contributed by atoms with Gasteiger partial charge < -0.3 is 4.74 Å². The number of aromatic amines is 1. The molecular formula is C17H13N3OS. The number of rotatable bonds is 3. The molecule has 0 aliphatic heterocycles. The van der Waals surface area contributed by atoms with E-state index in [0.717, 1.165) is 27.6 Å². The van der Waals surface area contributed by atoms with Crippen molar-refractivity contribution in [2.24, 2.45) is 0 Å². The van der Waals surface area contributed by atoms with Gasteiger partial charge in [-0.2, -0.15) is 15.4 Å². The number of hydrogen-bond acceptors (Lipinski definition) is 4. The molecule has 4 rings (SSSR count). The molecule has 2 aromatic heterocycles.